The maximum Gasteiger partial charge on any atom is 0.410 e. The van der Waals surface area contributed by atoms with E-state index >= 15 is 0 Å². The topological polar surface area (TPSA) is 68.7 Å². The van der Waals surface area contributed by atoms with Crippen molar-refractivity contribution < 1.29 is 19.1 Å². The largest absolute Gasteiger partial charge is 0.469 e. The van der Waals surface area contributed by atoms with Gasteiger partial charge in [-0.3, -0.25) is 9.78 Å². The summed E-state index contributed by atoms with van der Waals surface area (Å²) >= 11 is 6.22. The standard InChI is InChI=1S/C16H21ClN2O4/c1-16(2,3)23-15(21)19-8-11(12(9-19)14(20)22-4)10-7-18-6-5-13(10)17/h5-7,11-12H,8-9H2,1-4H3/t11-,12+/m0/s1. The Labute approximate surface area is 140 Å². The number of likely N-dealkylation sites (tertiary alicyclic amines) is 1. The number of ether oxygens (including phenoxy) is 2. The average Bonchev–Trinajstić information content (AvgIpc) is 2.90. The molecule has 2 heterocycles. The maximum atomic E-state index is 12.3. The van der Waals surface area contributed by atoms with Crippen LogP contribution < -0.4 is 0 Å². The third-order valence-electron chi connectivity index (χ3n) is 3.67. The van der Waals surface area contributed by atoms with E-state index in [0.29, 0.717) is 11.6 Å². The number of methoxy groups -OCH3 is 1. The molecule has 0 bridgehead atoms. The summed E-state index contributed by atoms with van der Waals surface area (Å²) in [6, 6.07) is 1.67. The molecule has 7 heteroatoms. The van der Waals surface area contributed by atoms with E-state index in [9.17, 15) is 9.59 Å². The number of rotatable bonds is 2. The summed E-state index contributed by atoms with van der Waals surface area (Å²) in [6.45, 7) is 5.97. The highest BCUT2D eigenvalue weighted by molar-refractivity contribution is 6.31. The highest BCUT2D eigenvalue weighted by Gasteiger charge is 2.43. The molecular weight excluding hydrogens is 320 g/mol. The van der Waals surface area contributed by atoms with Gasteiger partial charge in [-0.25, -0.2) is 4.79 Å². The Bertz CT molecular complexity index is 600. The van der Waals surface area contributed by atoms with Crippen LogP contribution in [0.3, 0.4) is 0 Å². The second-order valence-corrected chi connectivity index (χ2v) is 6.93. The van der Waals surface area contributed by atoms with Crippen molar-refractivity contribution in [1.29, 1.82) is 0 Å². The number of hydrogen-bond donors (Lipinski definition) is 0. The van der Waals surface area contributed by atoms with E-state index in [-0.39, 0.29) is 18.4 Å². The van der Waals surface area contributed by atoms with E-state index in [4.69, 9.17) is 21.1 Å². The lowest BCUT2D eigenvalue weighted by atomic mass is 9.90. The monoisotopic (exact) mass is 340 g/mol. The summed E-state index contributed by atoms with van der Waals surface area (Å²) in [5, 5.41) is 0.518. The molecule has 0 radical (unpaired) electrons. The Morgan fingerprint density at radius 1 is 1.35 bits per heavy atom. The molecule has 2 atom stereocenters. The van der Waals surface area contributed by atoms with Crippen LogP contribution in [0, 0.1) is 5.92 Å². The zero-order valence-corrected chi connectivity index (χ0v) is 14.5. The second kappa shape index (κ2) is 6.74. The van der Waals surface area contributed by atoms with Crippen molar-refractivity contribution in [3.63, 3.8) is 0 Å². The van der Waals surface area contributed by atoms with Crippen LogP contribution in [0.1, 0.15) is 32.3 Å². The van der Waals surface area contributed by atoms with Gasteiger partial charge in [0.2, 0.25) is 0 Å². The van der Waals surface area contributed by atoms with Gasteiger partial charge in [0, 0.05) is 36.4 Å². The van der Waals surface area contributed by atoms with Crippen LogP contribution in [0.2, 0.25) is 5.02 Å². The van der Waals surface area contributed by atoms with Crippen molar-refractivity contribution in [2.24, 2.45) is 5.92 Å². The summed E-state index contributed by atoms with van der Waals surface area (Å²) in [5.74, 6) is -1.13. The lowest BCUT2D eigenvalue weighted by Gasteiger charge is -2.24. The first kappa shape index (κ1) is 17.5. The van der Waals surface area contributed by atoms with Crippen molar-refractivity contribution >= 4 is 23.7 Å². The predicted molar refractivity (Wildman–Crippen MR) is 85.3 cm³/mol. The van der Waals surface area contributed by atoms with E-state index in [0.717, 1.165) is 5.56 Å². The normalized spacial score (nSPS) is 21.2. The van der Waals surface area contributed by atoms with Crippen LogP contribution in [-0.4, -0.2) is 47.7 Å². The fraction of sp³-hybridized carbons (Fsp3) is 0.562. The van der Waals surface area contributed by atoms with Crippen LogP contribution >= 0.6 is 11.6 Å². The first-order valence-electron chi connectivity index (χ1n) is 7.38. The number of carbonyl (C=O) groups excluding carboxylic acids is 2. The van der Waals surface area contributed by atoms with Crippen LogP contribution in [0.5, 0.6) is 0 Å². The van der Waals surface area contributed by atoms with Gasteiger partial charge in [0.05, 0.1) is 13.0 Å². The van der Waals surface area contributed by atoms with E-state index in [2.05, 4.69) is 4.98 Å². The van der Waals surface area contributed by atoms with Gasteiger partial charge in [0.25, 0.3) is 0 Å². The predicted octanol–water partition coefficient (Wildman–Crippen LogP) is 2.86. The fourth-order valence-electron chi connectivity index (χ4n) is 2.65. The molecule has 0 aliphatic carbocycles. The molecule has 2 rings (SSSR count). The van der Waals surface area contributed by atoms with Crippen LogP contribution in [0.15, 0.2) is 18.5 Å². The Morgan fingerprint density at radius 3 is 2.61 bits per heavy atom. The molecule has 0 spiro atoms. The lowest BCUT2D eigenvalue weighted by molar-refractivity contribution is -0.145. The summed E-state index contributed by atoms with van der Waals surface area (Å²) in [7, 11) is 1.33. The van der Waals surface area contributed by atoms with Gasteiger partial charge >= 0.3 is 12.1 Å². The van der Waals surface area contributed by atoms with Crippen molar-refractivity contribution in [3.8, 4) is 0 Å². The number of halogens is 1. The maximum absolute atomic E-state index is 12.3. The summed E-state index contributed by atoms with van der Waals surface area (Å²) < 4.78 is 10.3. The molecule has 1 saturated heterocycles. The molecule has 1 fully saturated rings. The van der Waals surface area contributed by atoms with Crippen molar-refractivity contribution in [1.82, 2.24) is 9.88 Å². The molecule has 1 amide bonds. The van der Waals surface area contributed by atoms with Gasteiger partial charge in [-0.15, -0.1) is 0 Å². The van der Waals surface area contributed by atoms with Crippen LogP contribution in [0.25, 0.3) is 0 Å². The zero-order chi connectivity index (χ0) is 17.2. The third-order valence-corrected chi connectivity index (χ3v) is 4.02. The second-order valence-electron chi connectivity index (χ2n) is 6.52. The highest BCUT2D eigenvalue weighted by Crippen LogP contribution is 2.37. The summed E-state index contributed by atoms with van der Waals surface area (Å²) in [6.07, 6.45) is 2.76. The van der Waals surface area contributed by atoms with E-state index in [1.54, 1.807) is 39.2 Å². The highest BCUT2D eigenvalue weighted by atomic mass is 35.5. The molecule has 0 aromatic carbocycles. The van der Waals surface area contributed by atoms with E-state index in [1.165, 1.54) is 12.0 Å². The van der Waals surface area contributed by atoms with Gasteiger partial charge < -0.3 is 14.4 Å². The van der Waals surface area contributed by atoms with Gasteiger partial charge in [-0.2, -0.15) is 0 Å². The van der Waals surface area contributed by atoms with Crippen molar-refractivity contribution in [2.75, 3.05) is 20.2 Å². The summed E-state index contributed by atoms with van der Waals surface area (Å²) in [4.78, 5) is 30.0. The first-order valence-corrected chi connectivity index (χ1v) is 7.76. The minimum atomic E-state index is -0.595. The molecule has 0 N–H and O–H groups in total. The van der Waals surface area contributed by atoms with Gasteiger partial charge in [0.1, 0.15) is 5.60 Å². The number of nitrogens with zero attached hydrogens (tertiary/aromatic N) is 2. The molecule has 1 aliphatic heterocycles. The minimum absolute atomic E-state index is 0.234. The third kappa shape index (κ3) is 4.13. The van der Waals surface area contributed by atoms with Crippen LogP contribution in [0.4, 0.5) is 4.79 Å². The minimum Gasteiger partial charge on any atom is -0.469 e. The average molecular weight is 341 g/mol. The number of carbonyl (C=O) groups is 2. The van der Waals surface area contributed by atoms with Crippen LogP contribution in [-0.2, 0) is 14.3 Å². The number of hydrogen-bond acceptors (Lipinski definition) is 5. The molecule has 1 aromatic rings. The molecule has 126 valence electrons. The fourth-order valence-corrected chi connectivity index (χ4v) is 2.89. The molecular formula is C16H21ClN2O4. The Balaban J connectivity index is 2.25. The van der Waals surface area contributed by atoms with Gasteiger partial charge in [-0.05, 0) is 32.4 Å². The van der Waals surface area contributed by atoms with Crippen molar-refractivity contribution in [3.05, 3.63) is 29.0 Å². The lowest BCUT2D eigenvalue weighted by Crippen LogP contribution is -2.36. The Hall–Kier alpha value is -1.82. The number of amides is 1. The number of esters is 1. The molecule has 1 aliphatic rings. The molecule has 23 heavy (non-hydrogen) atoms. The van der Waals surface area contributed by atoms with Crippen molar-refractivity contribution in [2.45, 2.75) is 32.3 Å². The van der Waals surface area contributed by atoms with E-state index < -0.39 is 17.6 Å². The molecule has 6 nitrogen and oxygen atoms in total. The number of pyridine rings is 1. The smallest absolute Gasteiger partial charge is 0.410 e. The Kier molecular flexibility index (Phi) is 5.14. The molecule has 1 aromatic heterocycles. The SMILES string of the molecule is COC(=O)[C@@H]1CN(C(=O)OC(C)(C)C)C[C@H]1c1cnccc1Cl. The first-order chi connectivity index (χ1) is 10.7. The zero-order valence-electron chi connectivity index (χ0n) is 13.7. The number of aromatic nitrogens is 1. The summed E-state index contributed by atoms with van der Waals surface area (Å²) in [5.41, 5.74) is 0.137. The van der Waals surface area contributed by atoms with Gasteiger partial charge in [0.15, 0.2) is 0 Å². The van der Waals surface area contributed by atoms with Gasteiger partial charge in [-0.1, -0.05) is 11.6 Å². The molecule has 0 saturated carbocycles. The quantitative estimate of drug-likeness (QED) is 0.774. The Morgan fingerprint density at radius 2 is 2.04 bits per heavy atom. The van der Waals surface area contributed by atoms with E-state index in [1.807, 2.05) is 0 Å². The molecule has 0 unspecified atom stereocenters.